The Morgan fingerprint density at radius 1 is 1.38 bits per heavy atom. The van der Waals surface area contributed by atoms with Gasteiger partial charge in [-0.3, -0.25) is 0 Å². The van der Waals surface area contributed by atoms with E-state index in [0.717, 1.165) is 32.2 Å². The molecule has 0 bridgehead atoms. The maximum Gasteiger partial charge on any atom is 0.211 e. The average Bonchev–Trinajstić information content (AvgIpc) is 2.28. The van der Waals surface area contributed by atoms with Crippen LogP contribution in [-0.2, 0) is 10.0 Å². The molecule has 5 heteroatoms. The molecule has 0 amide bonds. The molecule has 1 unspecified atom stereocenters. The summed E-state index contributed by atoms with van der Waals surface area (Å²) in [5.41, 5.74) is 0. The van der Waals surface area contributed by atoms with Gasteiger partial charge in [-0.2, -0.15) is 0 Å². The van der Waals surface area contributed by atoms with Crippen molar-refractivity contribution in [2.24, 2.45) is 0 Å². The van der Waals surface area contributed by atoms with Crippen molar-refractivity contribution < 1.29 is 8.42 Å². The Kier molecular flexibility index (Phi) is 6.31. The van der Waals surface area contributed by atoms with Crippen LogP contribution in [0.15, 0.2) is 0 Å². The number of sulfonamides is 1. The van der Waals surface area contributed by atoms with Gasteiger partial charge < -0.3 is 5.32 Å². The fourth-order valence-electron chi connectivity index (χ4n) is 1.94. The molecule has 0 aromatic heterocycles. The predicted molar refractivity (Wildman–Crippen MR) is 67.0 cm³/mol. The van der Waals surface area contributed by atoms with Gasteiger partial charge in [0.25, 0.3) is 0 Å². The molecule has 16 heavy (non-hydrogen) atoms. The summed E-state index contributed by atoms with van der Waals surface area (Å²) in [4.78, 5) is 0. The van der Waals surface area contributed by atoms with E-state index in [4.69, 9.17) is 0 Å². The van der Waals surface area contributed by atoms with Crippen molar-refractivity contribution in [2.45, 2.75) is 51.5 Å². The van der Waals surface area contributed by atoms with Crippen molar-refractivity contribution in [3.8, 4) is 0 Å². The van der Waals surface area contributed by atoms with Crippen molar-refractivity contribution in [2.75, 3.05) is 18.8 Å². The molecular weight excluding hydrogens is 224 g/mol. The number of unbranched alkanes of at least 4 members (excludes halogenated alkanes) is 1. The molecular formula is C11H24N2O2S. The van der Waals surface area contributed by atoms with E-state index in [9.17, 15) is 8.42 Å². The highest BCUT2D eigenvalue weighted by molar-refractivity contribution is 7.89. The van der Waals surface area contributed by atoms with Gasteiger partial charge in [0.15, 0.2) is 0 Å². The van der Waals surface area contributed by atoms with Crippen molar-refractivity contribution >= 4 is 10.0 Å². The van der Waals surface area contributed by atoms with Crippen molar-refractivity contribution in [1.29, 1.82) is 0 Å². The van der Waals surface area contributed by atoms with Gasteiger partial charge in [-0.1, -0.05) is 19.8 Å². The van der Waals surface area contributed by atoms with Gasteiger partial charge in [-0.05, 0) is 32.2 Å². The van der Waals surface area contributed by atoms with E-state index in [2.05, 4.69) is 17.0 Å². The highest BCUT2D eigenvalue weighted by Crippen LogP contribution is 2.10. The van der Waals surface area contributed by atoms with Crippen molar-refractivity contribution in [3.05, 3.63) is 0 Å². The first-order chi connectivity index (χ1) is 7.64. The Hall–Kier alpha value is -0.130. The van der Waals surface area contributed by atoms with Gasteiger partial charge in [0.2, 0.25) is 10.0 Å². The SMILES string of the molecule is CCCCNS(=O)(=O)CCC1CCCCN1. The van der Waals surface area contributed by atoms with Gasteiger partial charge in [0, 0.05) is 12.6 Å². The Labute approximate surface area is 99.2 Å². The number of piperidine rings is 1. The molecule has 0 spiro atoms. The zero-order valence-corrected chi connectivity index (χ0v) is 11.0. The lowest BCUT2D eigenvalue weighted by atomic mass is 10.0. The minimum absolute atomic E-state index is 0.258. The molecule has 0 aromatic rings. The summed E-state index contributed by atoms with van der Waals surface area (Å²) in [7, 11) is -3.04. The molecule has 1 aliphatic heterocycles. The Balaban J connectivity index is 2.18. The second-order valence-corrected chi connectivity index (χ2v) is 6.43. The normalized spacial score (nSPS) is 22.2. The number of hydrogen-bond acceptors (Lipinski definition) is 3. The van der Waals surface area contributed by atoms with Crippen LogP contribution >= 0.6 is 0 Å². The van der Waals surface area contributed by atoms with E-state index in [1.165, 1.54) is 12.8 Å². The molecule has 96 valence electrons. The third-order valence-corrected chi connectivity index (χ3v) is 4.42. The van der Waals surface area contributed by atoms with E-state index in [-0.39, 0.29) is 5.75 Å². The van der Waals surface area contributed by atoms with Crippen LogP contribution in [0.4, 0.5) is 0 Å². The van der Waals surface area contributed by atoms with Crippen molar-refractivity contribution in [1.82, 2.24) is 10.0 Å². The van der Waals surface area contributed by atoms with E-state index in [1.807, 2.05) is 0 Å². The quantitative estimate of drug-likeness (QED) is 0.666. The molecule has 1 atom stereocenters. The highest BCUT2D eigenvalue weighted by Gasteiger charge is 2.16. The number of hydrogen-bond donors (Lipinski definition) is 2. The molecule has 4 nitrogen and oxygen atoms in total. The van der Waals surface area contributed by atoms with E-state index < -0.39 is 10.0 Å². The summed E-state index contributed by atoms with van der Waals surface area (Å²) < 4.78 is 25.9. The zero-order valence-electron chi connectivity index (χ0n) is 10.2. The summed E-state index contributed by atoms with van der Waals surface area (Å²) in [5.74, 6) is 0.258. The van der Waals surface area contributed by atoms with Gasteiger partial charge >= 0.3 is 0 Å². The topological polar surface area (TPSA) is 58.2 Å². The van der Waals surface area contributed by atoms with E-state index in [1.54, 1.807) is 0 Å². The number of rotatable bonds is 7. The highest BCUT2D eigenvalue weighted by atomic mass is 32.2. The summed E-state index contributed by atoms with van der Waals surface area (Å²) in [5, 5.41) is 3.37. The zero-order chi connectivity index (χ0) is 11.9. The largest absolute Gasteiger partial charge is 0.314 e. The summed E-state index contributed by atoms with van der Waals surface area (Å²) in [6.45, 7) is 3.67. The van der Waals surface area contributed by atoms with Gasteiger partial charge in [0.1, 0.15) is 0 Å². The second-order valence-electron chi connectivity index (χ2n) is 4.50. The Morgan fingerprint density at radius 3 is 2.81 bits per heavy atom. The maximum absolute atomic E-state index is 11.6. The molecule has 0 saturated carbocycles. The number of nitrogens with one attached hydrogen (secondary N) is 2. The fourth-order valence-corrected chi connectivity index (χ4v) is 3.14. The van der Waals surface area contributed by atoms with Crippen LogP contribution < -0.4 is 10.0 Å². The molecule has 1 rings (SSSR count). The summed E-state index contributed by atoms with van der Waals surface area (Å²) in [6, 6.07) is 0.400. The maximum atomic E-state index is 11.6. The fraction of sp³-hybridized carbons (Fsp3) is 1.00. The van der Waals surface area contributed by atoms with Crippen molar-refractivity contribution in [3.63, 3.8) is 0 Å². The third-order valence-electron chi connectivity index (χ3n) is 3.00. The molecule has 1 saturated heterocycles. The second kappa shape index (κ2) is 7.25. The van der Waals surface area contributed by atoms with Crippen LogP contribution in [0.1, 0.15) is 45.4 Å². The minimum atomic E-state index is -3.04. The first-order valence-electron chi connectivity index (χ1n) is 6.35. The minimum Gasteiger partial charge on any atom is -0.314 e. The molecule has 0 aromatic carbocycles. The van der Waals surface area contributed by atoms with E-state index >= 15 is 0 Å². The monoisotopic (exact) mass is 248 g/mol. The van der Waals surface area contributed by atoms with Crippen LogP contribution in [0.3, 0.4) is 0 Å². The van der Waals surface area contributed by atoms with Crippen LogP contribution in [0.25, 0.3) is 0 Å². The Morgan fingerprint density at radius 2 is 2.19 bits per heavy atom. The standard InChI is InChI=1S/C11H24N2O2S/c1-2-3-9-13-16(14,15)10-7-11-6-4-5-8-12-11/h11-13H,2-10H2,1H3. The molecule has 0 aliphatic carbocycles. The van der Waals surface area contributed by atoms with Gasteiger partial charge in [-0.15, -0.1) is 0 Å². The smallest absolute Gasteiger partial charge is 0.211 e. The van der Waals surface area contributed by atoms with E-state index in [0.29, 0.717) is 12.6 Å². The average molecular weight is 248 g/mol. The molecule has 0 radical (unpaired) electrons. The summed E-state index contributed by atoms with van der Waals surface area (Å²) in [6.07, 6.45) is 6.23. The molecule has 2 N–H and O–H groups in total. The lowest BCUT2D eigenvalue weighted by molar-refractivity contribution is 0.392. The third kappa shape index (κ3) is 5.82. The lowest BCUT2D eigenvalue weighted by Crippen LogP contribution is -2.37. The first-order valence-corrected chi connectivity index (χ1v) is 8.00. The molecule has 1 aliphatic rings. The lowest BCUT2D eigenvalue weighted by Gasteiger charge is -2.23. The van der Waals surface area contributed by atoms with Gasteiger partial charge in [-0.25, -0.2) is 13.1 Å². The van der Waals surface area contributed by atoms with Crippen LogP contribution in [0, 0.1) is 0 Å². The summed E-state index contributed by atoms with van der Waals surface area (Å²) >= 11 is 0. The van der Waals surface area contributed by atoms with Gasteiger partial charge in [0.05, 0.1) is 5.75 Å². The van der Waals surface area contributed by atoms with Crippen LogP contribution in [0.5, 0.6) is 0 Å². The Bertz CT molecular complexity index is 272. The predicted octanol–water partition coefficient (Wildman–Crippen LogP) is 1.24. The first kappa shape index (κ1) is 13.9. The molecule has 1 fully saturated rings. The van der Waals surface area contributed by atoms with Crippen LogP contribution in [0.2, 0.25) is 0 Å². The molecule has 1 heterocycles. The van der Waals surface area contributed by atoms with Crippen LogP contribution in [-0.4, -0.2) is 33.3 Å².